The molecule has 0 aromatic heterocycles. The molecule has 1 aliphatic rings. The van der Waals surface area contributed by atoms with Gasteiger partial charge in [-0.2, -0.15) is 0 Å². The highest BCUT2D eigenvalue weighted by atomic mass is 16.5. The zero-order chi connectivity index (χ0) is 17.4. The maximum atomic E-state index is 12.2. The number of hydrogen-bond donors (Lipinski definition) is 2. The summed E-state index contributed by atoms with van der Waals surface area (Å²) in [6.45, 7) is 6.30. The van der Waals surface area contributed by atoms with Crippen molar-refractivity contribution in [2.45, 2.75) is 52.1 Å². The molecular weight excluding hydrogens is 304 g/mol. The van der Waals surface area contributed by atoms with Gasteiger partial charge in [0.05, 0.1) is 24.8 Å². The Kier molecular flexibility index (Phi) is 7.25. The lowest BCUT2D eigenvalue weighted by atomic mass is 10.1. The number of quaternary nitrogens is 1. The molecule has 1 heterocycles. The van der Waals surface area contributed by atoms with E-state index in [-0.39, 0.29) is 18.0 Å². The molecule has 1 aromatic carbocycles. The van der Waals surface area contributed by atoms with Crippen molar-refractivity contribution in [3.8, 4) is 0 Å². The van der Waals surface area contributed by atoms with E-state index in [9.17, 15) is 9.59 Å². The van der Waals surface area contributed by atoms with Crippen LogP contribution >= 0.6 is 0 Å². The molecule has 2 rings (SSSR count). The number of carbonyl (C=O) groups excluding carboxylic acids is 2. The number of anilines is 1. The average Bonchev–Trinajstić information content (AvgIpc) is 2.50. The van der Waals surface area contributed by atoms with Crippen LogP contribution in [-0.2, 0) is 9.53 Å². The zero-order valence-corrected chi connectivity index (χ0v) is 14.8. The molecule has 0 aliphatic carbocycles. The Labute approximate surface area is 144 Å². The lowest BCUT2D eigenvalue weighted by Gasteiger charge is -2.21. The predicted octanol–water partition coefficient (Wildman–Crippen LogP) is 2.04. The Morgan fingerprint density at radius 1 is 1.04 bits per heavy atom. The van der Waals surface area contributed by atoms with Crippen LogP contribution in [0.1, 0.15) is 56.3 Å². The maximum Gasteiger partial charge on any atom is 0.338 e. The van der Waals surface area contributed by atoms with Crippen LogP contribution in [0.15, 0.2) is 24.3 Å². The van der Waals surface area contributed by atoms with Gasteiger partial charge in [-0.05, 0) is 63.8 Å². The van der Waals surface area contributed by atoms with E-state index in [1.165, 1.54) is 37.0 Å². The molecule has 5 heteroatoms. The standard InChI is InChI=1S/C19H28N2O3/c1-15(2)24-19(23)16-8-10-17(11-9-16)20-18(22)14-21-12-6-4-3-5-7-13-21/h8-11,15H,3-7,12-14H2,1-2H3,(H,20,22)/p+1. The molecule has 1 aromatic rings. The molecule has 0 radical (unpaired) electrons. The minimum absolute atomic E-state index is 0.0306. The molecule has 0 spiro atoms. The summed E-state index contributed by atoms with van der Waals surface area (Å²) in [6.07, 6.45) is 6.14. The number of nitrogens with one attached hydrogen (secondary N) is 2. The number of esters is 1. The van der Waals surface area contributed by atoms with Gasteiger partial charge in [-0.15, -0.1) is 0 Å². The summed E-state index contributed by atoms with van der Waals surface area (Å²) >= 11 is 0. The molecule has 1 saturated heterocycles. The van der Waals surface area contributed by atoms with Crippen molar-refractivity contribution < 1.29 is 19.2 Å². The van der Waals surface area contributed by atoms with Gasteiger partial charge in [-0.3, -0.25) is 4.79 Å². The zero-order valence-electron chi connectivity index (χ0n) is 14.8. The van der Waals surface area contributed by atoms with Gasteiger partial charge in [0.1, 0.15) is 0 Å². The smallest absolute Gasteiger partial charge is 0.338 e. The highest BCUT2D eigenvalue weighted by Crippen LogP contribution is 2.11. The van der Waals surface area contributed by atoms with E-state index in [1.54, 1.807) is 24.3 Å². The lowest BCUT2D eigenvalue weighted by Crippen LogP contribution is -3.13. The Bertz CT molecular complexity index is 532. The van der Waals surface area contributed by atoms with Crippen molar-refractivity contribution in [3.63, 3.8) is 0 Å². The van der Waals surface area contributed by atoms with Crippen molar-refractivity contribution in [1.29, 1.82) is 0 Å². The van der Waals surface area contributed by atoms with E-state index in [0.717, 1.165) is 13.1 Å². The van der Waals surface area contributed by atoms with Crippen LogP contribution in [0.4, 0.5) is 5.69 Å². The van der Waals surface area contributed by atoms with Crippen molar-refractivity contribution in [1.82, 2.24) is 0 Å². The van der Waals surface area contributed by atoms with E-state index >= 15 is 0 Å². The van der Waals surface area contributed by atoms with Gasteiger partial charge in [0.25, 0.3) is 5.91 Å². The normalized spacial score (nSPS) is 16.3. The Morgan fingerprint density at radius 2 is 1.62 bits per heavy atom. The Balaban J connectivity index is 1.83. The summed E-state index contributed by atoms with van der Waals surface area (Å²) in [4.78, 5) is 25.4. The Morgan fingerprint density at radius 3 is 2.21 bits per heavy atom. The number of amides is 1. The molecule has 0 atom stereocenters. The van der Waals surface area contributed by atoms with E-state index < -0.39 is 0 Å². The first kappa shape index (κ1) is 18.5. The third-order valence-corrected chi connectivity index (χ3v) is 4.22. The third-order valence-electron chi connectivity index (χ3n) is 4.22. The second-order valence-electron chi connectivity index (χ2n) is 6.77. The molecule has 1 fully saturated rings. The number of benzene rings is 1. The van der Waals surface area contributed by atoms with Gasteiger partial charge in [0, 0.05) is 5.69 Å². The van der Waals surface area contributed by atoms with E-state index in [1.807, 2.05) is 13.8 Å². The average molecular weight is 333 g/mol. The van der Waals surface area contributed by atoms with E-state index in [0.29, 0.717) is 17.8 Å². The number of rotatable bonds is 5. The molecule has 2 N–H and O–H groups in total. The topological polar surface area (TPSA) is 59.8 Å². The van der Waals surface area contributed by atoms with Crippen molar-refractivity contribution in [2.24, 2.45) is 0 Å². The molecule has 0 bridgehead atoms. The predicted molar refractivity (Wildman–Crippen MR) is 94.3 cm³/mol. The van der Waals surface area contributed by atoms with Crippen LogP contribution in [0.25, 0.3) is 0 Å². The monoisotopic (exact) mass is 333 g/mol. The molecule has 1 amide bonds. The third kappa shape index (κ3) is 6.32. The van der Waals surface area contributed by atoms with Gasteiger partial charge >= 0.3 is 5.97 Å². The van der Waals surface area contributed by atoms with Crippen LogP contribution in [0.2, 0.25) is 0 Å². The van der Waals surface area contributed by atoms with E-state index in [4.69, 9.17) is 4.74 Å². The molecule has 1 aliphatic heterocycles. The molecule has 132 valence electrons. The van der Waals surface area contributed by atoms with E-state index in [2.05, 4.69) is 5.32 Å². The van der Waals surface area contributed by atoms with Crippen LogP contribution in [0.3, 0.4) is 0 Å². The largest absolute Gasteiger partial charge is 0.459 e. The SMILES string of the molecule is CC(C)OC(=O)c1ccc(NC(=O)C[NH+]2CCCCCCC2)cc1. The van der Waals surface area contributed by atoms with Gasteiger partial charge in [0.2, 0.25) is 0 Å². The fourth-order valence-electron chi connectivity index (χ4n) is 2.99. The molecular formula is C19H29N2O3+. The minimum atomic E-state index is -0.340. The number of likely N-dealkylation sites (tertiary alicyclic amines) is 1. The second kappa shape index (κ2) is 9.42. The first-order valence-electron chi connectivity index (χ1n) is 8.99. The fourth-order valence-corrected chi connectivity index (χ4v) is 2.99. The van der Waals surface area contributed by atoms with Crippen LogP contribution in [0, 0.1) is 0 Å². The first-order chi connectivity index (χ1) is 11.5. The van der Waals surface area contributed by atoms with Gasteiger partial charge in [0.15, 0.2) is 6.54 Å². The number of carbonyl (C=O) groups is 2. The molecule has 0 unspecified atom stereocenters. The van der Waals surface area contributed by atoms with Crippen molar-refractivity contribution in [3.05, 3.63) is 29.8 Å². The van der Waals surface area contributed by atoms with Gasteiger partial charge < -0.3 is 15.0 Å². The Hall–Kier alpha value is -1.88. The number of ether oxygens (including phenoxy) is 1. The summed E-state index contributed by atoms with van der Waals surface area (Å²) in [6, 6.07) is 6.86. The van der Waals surface area contributed by atoms with Crippen LogP contribution in [0.5, 0.6) is 0 Å². The highest BCUT2D eigenvalue weighted by molar-refractivity contribution is 5.93. The van der Waals surface area contributed by atoms with Gasteiger partial charge in [-0.1, -0.05) is 6.42 Å². The lowest BCUT2D eigenvalue weighted by molar-refractivity contribution is -0.892. The quantitative estimate of drug-likeness (QED) is 0.811. The second-order valence-corrected chi connectivity index (χ2v) is 6.77. The molecule has 24 heavy (non-hydrogen) atoms. The first-order valence-corrected chi connectivity index (χ1v) is 8.99. The van der Waals surface area contributed by atoms with Crippen molar-refractivity contribution >= 4 is 17.6 Å². The number of hydrogen-bond acceptors (Lipinski definition) is 3. The molecule has 0 saturated carbocycles. The summed E-state index contributed by atoms with van der Waals surface area (Å²) in [7, 11) is 0. The summed E-state index contributed by atoms with van der Waals surface area (Å²) in [5.41, 5.74) is 1.21. The summed E-state index contributed by atoms with van der Waals surface area (Å²) < 4.78 is 5.15. The summed E-state index contributed by atoms with van der Waals surface area (Å²) in [5, 5.41) is 2.92. The molecule has 5 nitrogen and oxygen atoms in total. The minimum Gasteiger partial charge on any atom is -0.459 e. The highest BCUT2D eigenvalue weighted by Gasteiger charge is 2.16. The summed E-state index contributed by atoms with van der Waals surface area (Å²) in [5.74, 6) is -0.309. The van der Waals surface area contributed by atoms with Crippen LogP contribution in [-0.4, -0.2) is 37.6 Å². The van der Waals surface area contributed by atoms with Crippen molar-refractivity contribution in [2.75, 3.05) is 25.0 Å². The fraction of sp³-hybridized carbons (Fsp3) is 0.579. The van der Waals surface area contributed by atoms with Crippen LogP contribution < -0.4 is 10.2 Å². The maximum absolute atomic E-state index is 12.2. The van der Waals surface area contributed by atoms with Gasteiger partial charge in [-0.25, -0.2) is 4.79 Å².